The molecule has 1 aliphatic heterocycles. The molecule has 0 aliphatic carbocycles. The number of benzene rings is 1. The highest BCUT2D eigenvalue weighted by Gasteiger charge is 2.29. The van der Waals surface area contributed by atoms with Gasteiger partial charge in [-0.25, -0.2) is 8.42 Å². The normalized spacial score (nSPS) is 19.1. The molecule has 1 aromatic carbocycles. The highest BCUT2D eigenvalue weighted by molar-refractivity contribution is 7.91. The van der Waals surface area contributed by atoms with Gasteiger partial charge in [0.05, 0.1) is 23.8 Å². The first-order valence-corrected chi connectivity index (χ1v) is 9.23. The van der Waals surface area contributed by atoms with Crippen molar-refractivity contribution in [3.05, 3.63) is 24.3 Å². The van der Waals surface area contributed by atoms with Crippen molar-refractivity contribution in [2.75, 3.05) is 23.4 Å². The molecule has 126 valence electrons. The van der Waals surface area contributed by atoms with Gasteiger partial charge in [-0.15, -0.1) is 0 Å². The van der Waals surface area contributed by atoms with Gasteiger partial charge in [-0.1, -0.05) is 12.1 Å². The summed E-state index contributed by atoms with van der Waals surface area (Å²) < 4.78 is 28.1. The molecule has 1 atom stereocenters. The van der Waals surface area contributed by atoms with Crippen LogP contribution in [0.3, 0.4) is 0 Å². The predicted octanol–water partition coefficient (Wildman–Crippen LogP) is 0.717. The zero-order valence-corrected chi connectivity index (χ0v) is 13.7. The molecule has 1 fully saturated rings. The summed E-state index contributed by atoms with van der Waals surface area (Å²) in [6, 6.07) is 6.54. The van der Waals surface area contributed by atoms with Crippen LogP contribution in [-0.2, 0) is 19.4 Å². The molecule has 8 heteroatoms. The molecule has 2 rings (SSSR count). The van der Waals surface area contributed by atoms with Crippen molar-refractivity contribution in [3.8, 4) is 5.75 Å². The van der Waals surface area contributed by atoms with Crippen LogP contribution >= 0.6 is 0 Å². The molecular formula is C15H20N2O5S. The minimum atomic E-state index is -3.06. The minimum Gasteiger partial charge on any atom is -0.492 e. The van der Waals surface area contributed by atoms with Gasteiger partial charge in [-0.3, -0.25) is 9.59 Å². The van der Waals surface area contributed by atoms with Crippen molar-refractivity contribution in [3.63, 3.8) is 0 Å². The Bertz CT molecular complexity index is 687. The molecular weight excluding hydrogens is 320 g/mol. The van der Waals surface area contributed by atoms with E-state index in [-0.39, 0.29) is 17.9 Å². The molecule has 1 aliphatic rings. The van der Waals surface area contributed by atoms with Crippen molar-refractivity contribution < 1.29 is 22.7 Å². The zero-order chi connectivity index (χ0) is 16.9. The first-order valence-electron chi connectivity index (χ1n) is 7.41. The lowest BCUT2D eigenvalue weighted by Crippen LogP contribution is -2.37. The summed E-state index contributed by atoms with van der Waals surface area (Å²) in [4.78, 5) is 23.8. The van der Waals surface area contributed by atoms with Crippen LogP contribution in [0.1, 0.15) is 19.8 Å². The van der Waals surface area contributed by atoms with Crippen molar-refractivity contribution in [1.82, 2.24) is 5.32 Å². The topological polar surface area (TPSA) is 102 Å². The van der Waals surface area contributed by atoms with E-state index in [1.54, 1.807) is 24.3 Å². The Labute approximate surface area is 135 Å². The minimum absolute atomic E-state index is 0.0620. The average molecular weight is 340 g/mol. The monoisotopic (exact) mass is 340 g/mol. The predicted molar refractivity (Wildman–Crippen MR) is 86.1 cm³/mol. The lowest BCUT2D eigenvalue weighted by Gasteiger charge is -2.12. The lowest BCUT2D eigenvalue weighted by atomic mass is 10.2. The molecule has 7 nitrogen and oxygen atoms in total. The SMILES string of the molecule is CCOc1ccccc1NC(=O)CC(=O)NC1CCS(=O)(=O)C1. The Hall–Kier alpha value is -2.09. The van der Waals surface area contributed by atoms with E-state index in [2.05, 4.69) is 10.6 Å². The Morgan fingerprint density at radius 2 is 2.00 bits per heavy atom. The molecule has 1 saturated heterocycles. The van der Waals surface area contributed by atoms with Gasteiger partial charge in [0.25, 0.3) is 0 Å². The molecule has 0 spiro atoms. The third-order valence-corrected chi connectivity index (χ3v) is 5.15. The molecule has 23 heavy (non-hydrogen) atoms. The van der Waals surface area contributed by atoms with Gasteiger partial charge >= 0.3 is 0 Å². The summed E-state index contributed by atoms with van der Waals surface area (Å²) in [7, 11) is -3.06. The van der Waals surface area contributed by atoms with Crippen LogP contribution in [0.25, 0.3) is 0 Å². The second-order valence-corrected chi connectivity index (χ2v) is 7.55. The summed E-state index contributed by atoms with van der Waals surface area (Å²) >= 11 is 0. The van der Waals surface area contributed by atoms with Gasteiger partial charge in [0.15, 0.2) is 9.84 Å². The van der Waals surface area contributed by atoms with Crippen LogP contribution in [0.2, 0.25) is 0 Å². The summed E-state index contributed by atoms with van der Waals surface area (Å²) in [5.41, 5.74) is 0.496. The van der Waals surface area contributed by atoms with E-state index in [0.717, 1.165) is 0 Å². The molecule has 0 radical (unpaired) electrons. The van der Waals surface area contributed by atoms with Gasteiger partial charge in [0, 0.05) is 6.04 Å². The Kier molecular flexibility index (Phi) is 5.59. The van der Waals surface area contributed by atoms with Gasteiger partial charge in [-0.2, -0.15) is 0 Å². The fourth-order valence-electron chi connectivity index (χ4n) is 2.38. The van der Waals surface area contributed by atoms with Crippen LogP contribution in [0.15, 0.2) is 24.3 Å². The number of rotatable bonds is 6. The summed E-state index contributed by atoms with van der Waals surface area (Å²) in [5.74, 6) is -0.418. The van der Waals surface area contributed by atoms with E-state index < -0.39 is 27.7 Å². The molecule has 1 unspecified atom stereocenters. The fourth-order valence-corrected chi connectivity index (χ4v) is 4.05. The summed E-state index contributed by atoms with van der Waals surface area (Å²) in [6.07, 6.45) is 0.0277. The number of ether oxygens (including phenoxy) is 1. The van der Waals surface area contributed by atoms with E-state index in [1.807, 2.05) is 6.92 Å². The first kappa shape index (κ1) is 17.3. The van der Waals surface area contributed by atoms with Gasteiger partial charge in [0.1, 0.15) is 12.2 Å². The zero-order valence-electron chi connectivity index (χ0n) is 12.9. The van der Waals surface area contributed by atoms with E-state index >= 15 is 0 Å². The van der Waals surface area contributed by atoms with Gasteiger partial charge in [-0.05, 0) is 25.5 Å². The number of carbonyl (C=O) groups excluding carboxylic acids is 2. The average Bonchev–Trinajstić information content (AvgIpc) is 2.80. The number of nitrogens with one attached hydrogen (secondary N) is 2. The van der Waals surface area contributed by atoms with Crippen LogP contribution in [0.5, 0.6) is 5.75 Å². The highest BCUT2D eigenvalue weighted by Crippen LogP contribution is 2.23. The number of hydrogen-bond acceptors (Lipinski definition) is 5. The van der Waals surface area contributed by atoms with Crippen molar-refractivity contribution in [1.29, 1.82) is 0 Å². The number of hydrogen-bond donors (Lipinski definition) is 2. The van der Waals surface area contributed by atoms with Gasteiger partial charge < -0.3 is 15.4 Å². The maximum absolute atomic E-state index is 11.9. The third-order valence-electron chi connectivity index (χ3n) is 3.38. The largest absolute Gasteiger partial charge is 0.492 e. The number of carbonyl (C=O) groups is 2. The third kappa shape index (κ3) is 5.24. The number of para-hydroxylation sites is 2. The van der Waals surface area contributed by atoms with E-state index in [1.165, 1.54) is 0 Å². The molecule has 2 N–H and O–H groups in total. The Morgan fingerprint density at radius 1 is 1.26 bits per heavy atom. The molecule has 1 aromatic rings. The Balaban J connectivity index is 1.86. The quantitative estimate of drug-likeness (QED) is 0.743. The lowest BCUT2D eigenvalue weighted by molar-refractivity contribution is -0.127. The Morgan fingerprint density at radius 3 is 2.65 bits per heavy atom. The second kappa shape index (κ2) is 7.45. The molecule has 0 saturated carbocycles. The second-order valence-electron chi connectivity index (χ2n) is 5.32. The maximum Gasteiger partial charge on any atom is 0.233 e. The number of anilines is 1. The first-order chi connectivity index (χ1) is 10.9. The van der Waals surface area contributed by atoms with E-state index in [0.29, 0.717) is 24.5 Å². The molecule has 0 bridgehead atoms. The van der Waals surface area contributed by atoms with Crippen LogP contribution in [0.4, 0.5) is 5.69 Å². The van der Waals surface area contributed by atoms with Gasteiger partial charge in [0.2, 0.25) is 11.8 Å². The van der Waals surface area contributed by atoms with E-state index in [4.69, 9.17) is 4.74 Å². The van der Waals surface area contributed by atoms with Crippen LogP contribution in [-0.4, -0.2) is 44.4 Å². The summed E-state index contributed by atoms with van der Waals surface area (Å²) in [5, 5.41) is 5.21. The maximum atomic E-state index is 11.9. The number of amides is 2. The van der Waals surface area contributed by atoms with Crippen LogP contribution in [0, 0.1) is 0 Å². The number of sulfone groups is 1. The molecule has 1 heterocycles. The van der Waals surface area contributed by atoms with Crippen molar-refractivity contribution in [2.45, 2.75) is 25.8 Å². The van der Waals surface area contributed by atoms with Crippen LogP contribution < -0.4 is 15.4 Å². The standard InChI is InChI=1S/C15H20N2O5S/c1-2-22-13-6-4-3-5-12(13)17-15(19)9-14(18)16-11-7-8-23(20,21)10-11/h3-6,11H,2,7-10H2,1H3,(H,16,18)(H,17,19). The fraction of sp³-hybridized carbons (Fsp3) is 0.467. The van der Waals surface area contributed by atoms with Crippen molar-refractivity contribution in [2.24, 2.45) is 0 Å². The smallest absolute Gasteiger partial charge is 0.233 e. The highest BCUT2D eigenvalue weighted by atomic mass is 32.2. The molecule has 2 amide bonds. The molecule has 0 aromatic heterocycles. The summed E-state index contributed by atoms with van der Waals surface area (Å²) in [6.45, 7) is 2.30. The van der Waals surface area contributed by atoms with Crippen molar-refractivity contribution >= 4 is 27.3 Å². The van der Waals surface area contributed by atoms with E-state index in [9.17, 15) is 18.0 Å².